The lowest BCUT2D eigenvalue weighted by Gasteiger charge is -2.12. The van der Waals surface area contributed by atoms with Crippen LogP contribution in [0.25, 0.3) is 6.08 Å². The fourth-order valence-corrected chi connectivity index (χ4v) is 3.04. The quantitative estimate of drug-likeness (QED) is 0.202. The Bertz CT molecular complexity index is 1320. The predicted octanol–water partition coefficient (Wildman–Crippen LogP) is 4.88. The third-order valence-electron chi connectivity index (χ3n) is 4.82. The summed E-state index contributed by atoms with van der Waals surface area (Å²) in [5.74, 6) is -0.160. The minimum atomic E-state index is -0.823. The van der Waals surface area contributed by atoms with Gasteiger partial charge in [0.15, 0.2) is 11.5 Å². The molecule has 0 spiro atoms. The molecule has 0 saturated heterocycles. The largest absolute Gasteiger partial charge is 0.496 e. The van der Waals surface area contributed by atoms with Crippen molar-refractivity contribution in [1.82, 2.24) is 0 Å². The third kappa shape index (κ3) is 6.33. The van der Waals surface area contributed by atoms with E-state index in [1.807, 2.05) is 0 Å². The average molecular weight is 477 g/mol. The first-order valence-electron chi connectivity index (χ1n) is 10.2. The van der Waals surface area contributed by atoms with E-state index in [0.717, 1.165) is 5.56 Å². The number of hydrogen-bond donors (Lipinski definition) is 1. The Morgan fingerprint density at radius 2 is 1.83 bits per heavy atom. The van der Waals surface area contributed by atoms with Gasteiger partial charge in [-0.25, -0.2) is 4.39 Å². The number of anilines is 1. The molecule has 0 aliphatic carbocycles. The van der Waals surface area contributed by atoms with Gasteiger partial charge in [0.2, 0.25) is 0 Å². The number of hydrogen-bond acceptors (Lipinski definition) is 7. The highest BCUT2D eigenvalue weighted by molar-refractivity contribution is 6.10. The molecule has 3 aromatic rings. The van der Waals surface area contributed by atoms with Crippen molar-refractivity contribution in [3.63, 3.8) is 0 Å². The maximum absolute atomic E-state index is 13.1. The summed E-state index contributed by atoms with van der Waals surface area (Å²) in [6.45, 7) is 0.179. The third-order valence-corrected chi connectivity index (χ3v) is 4.82. The minimum absolute atomic E-state index is 0.0796. The first-order chi connectivity index (χ1) is 16.8. The van der Waals surface area contributed by atoms with Gasteiger partial charge in [-0.1, -0.05) is 18.2 Å². The highest BCUT2D eigenvalue weighted by atomic mass is 19.1. The van der Waals surface area contributed by atoms with Gasteiger partial charge in [-0.3, -0.25) is 14.9 Å². The summed E-state index contributed by atoms with van der Waals surface area (Å²) < 4.78 is 29.1. The number of ether oxygens (including phenoxy) is 3. The summed E-state index contributed by atoms with van der Waals surface area (Å²) in [6, 6.07) is 16.4. The maximum atomic E-state index is 13.1. The smallest absolute Gasteiger partial charge is 0.296 e. The molecular formula is C25H20FN3O6. The van der Waals surface area contributed by atoms with Gasteiger partial charge in [0.1, 0.15) is 35.5 Å². The number of nitriles is 1. The fraction of sp³-hybridized carbons (Fsp3) is 0.120. The van der Waals surface area contributed by atoms with Crippen molar-refractivity contribution < 1.29 is 28.3 Å². The molecule has 0 bridgehead atoms. The molecule has 10 heteroatoms. The summed E-state index contributed by atoms with van der Waals surface area (Å²) in [5, 5.41) is 23.2. The van der Waals surface area contributed by atoms with E-state index in [-0.39, 0.29) is 35.1 Å². The number of amides is 1. The average Bonchev–Trinajstić information content (AvgIpc) is 2.87. The van der Waals surface area contributed by atoms with E-state index in [9.17, 15) is 24.6 Å². The number of nitrogens with zero attached hydrogens (tertiary/aromatic N) is 2. The zero-order valence-corrected chi connectivity index (χ0v) is 18.8. The molecule has 3 rings (SSSR count). The molecule has 0 aliphatic rings. The molecule has 0 atom stereocenters. The standard InChI is InChI=1S/C25H20FN3O6/c1-33-20-8-9-21(22(13-20)29(31)32)28-25(30)18(14-27)11-17-5-10-23(24(12-17)34-2)35-15-16-3-6-19(26)7-4-16/h3-13H,15H2,1-2H3,(H,28,30)/b18-11+. The van der Waals surface area contributed by atoms with E-state index in [0.29, 0.717) is 17.1 Å². The van der Waals surface area contributed by atoms with Gasteiger partial charge in [0.05, 0.1) is 25.2 Å². The molecule has 1 amide bonds. The summed E-state index contributed by atoms with van der Waals surface area (Å²) in [6.07, 6.45) is 1.32. The normalized spacial score (nSPS) is 10.7. The summed E-state index contributed by atoms with van der Waals surface area (Å²) in [5.41, 5.74) is 0.487. The molecule has 1 N–H and O–H groups in total. The molecule has 3 aromatic carbocycles. The second kappa shape index (κ2) is 11.3. The second-order valence-electron chi connectivity index (χ2n) is 7.09. The molecule has 0 radical (unpaired) electrons. The lowest BCUT2D eigenvalue weighted by Crippen LogP contribution is -2.14. The molecule has 0 unspecified atom stereocenters. The van der Waals surface area contributed by atoms with Crippen LogP contribution in [0.1, 0.15) is 11.1 Å². The number of nitro groups is 1. The number of rotatable bonds is 9. The Labute approximate surface area is 200 Å². The van der Waals surface area contributed by atoms with Crippen molar-refractivity contribution in [3.05, 3.63) is 93.3 Å². The lowest BCUT2D eigenvalue weighted by molar-refractivity contribution is -0.384. The van der Waals surface area contributed by atoms with Crippen molar-refractivity contribution in [2.45, 2.75) is 6.61 Å². The van der Waals surface area contributed by atoms with Crippen LogP contribution in [0.4, 0.5) is 15.8 Å². The molecule has 0 aromatic heterocycles. The summed E-state index contributed by atoms with van der Waals surface area (Å²) in [7, 11) is 2.80. The number of carbonyl (C=O) groups is 1. The van der Waals surface area contributed by atoms with Crippen LogP contribution in [0.3, 0.4) is 0 Å². The minimum Gasteiger partial charge on any atom is -0.496 e. The van der Waals surface area contributed by atoms with Gasteiger partial charge in [0, 0.05) is 0 Å². The number of nitrogens with one attached hydrogen (secondary N) is 1. The van der Waals surface area contributed by atoms with Crippen LogP contribution < -0.4 is 19.5 Å². The van der Waals surface area contributed by atoms with Crippen molar-refractivity contribution in [2.75, 3.05) is 19.5 Å². The van der Waals surface area contributed by atoms with E-state index in [1.54, 1.807) is 36.4 Å². The van der Waals surface area contributed by atoms with Gasteiger partial charge in [-0.05, 0) is 53.6 Å². The number of halogens is 1. The summed E-state index contributed by atoms with van der Waals surface area (Å²) in [4.78, 5) is 23.3. The molecule has 178 valence electrons. The van der Waals surface area contributed by atoms with E-state index in [4.69, 9.17) is 14.2 Å². The monoisotopic (exact) mass is 477 g/mol. The second-order valence-corrected chi connectivity index (χ2v) is 7.09. The van der Waals surface area contributed by atoms with Gasteiger partial charge >= 0.3 is 0 Å². The van der Waals surface area contributed by atoms with Crippen molar-refractivity contribution in [2.24, 2.45) is 0 Å². The Balaban J connectivity index is 1.79. The lowest BCUT2D eigenvalue weighted by atomic mass is 10.1. The van der Waals surface area contributed by atoms with E-state index in [2.05, 4.69) is 5.32 Å². The van der Waals surface area contributed by atoms with E-state index < -0.39 is 10.8 Å². The molecular weight excluding hydrogens is 457 g/mol. The number of methoxy groups -OCH3 is 2. The highest BCUT2D eigenvalue weighted by Crippen LogP contribution is 2.31. The predicted molar refractivity (Wildman–Crippen MR) is 126 cm³/mol. The first kappa shape index (κ1) is 24.7. The molecule has 0 saturated carbocycles. The molecule has 0 aliphatic heterocycles. The topological polar surface area (TPSA) is 124 Å². The van der Waals surface area contributed by atoms with Gasteiger partial charge < -0.3 is 19.5 Å². The summed E-state index contributed by atoms with van der Waals surface area (Å²) >= 11 is 0. The number of nitro benzene ring substituents is 1. The Hall–Kier alpha value is -4.91. The maximum Gasteiger partial charge on any atom is 0.296 e. The van der Waals surface area contributed by atoms with Gasteiger partial charge in [0.25, 0.3) is 11.6 Å². The molecule has 35 heavy (non-hydrogen) atoms. The van der Waals surface area contributed by atoms with E-state index >= 15 is 0 Å². The van der Waals surface area contributed by atoms with E-state index in [1.165, 1.54) is 50.6 Å². The molecule has 9 nitrogen and oxygen atoms in total. The van der Waals surface area contributed by atoms with Crippen LogP contribution in [0.5, 0.6) is 17.2 Å². The van der Waals surface area contributed by atoms with Crippen molar-refractivity contribution >= 4 is 23.4 Å². The SMILES string of the molecule is COc1ccc(NC(=O)/C(C#N)=C/c2ccc(OCc3ccc(F)cc3)c(OC)c2)c([N+](=O)[O-])c1. The van der Waals surface area contributed by atoms with Crippen LogP contribution in [-0.4, -0.2) is 25.1 Å². The van der Waals surface area contributed by atoms with Crippen LogP contribution in [0, 0.1) is 27.3 Å². The zero-order valence-electron chi connectivity index (χ0n) is 18.8. The van der Waals surface area contributed by atoms with Crippen LogP contribution in [0.15, 0.2) is 66.2 Å². The Morgan fingerprint density at radius 1 is 1.09 bits per heavy atom. The van der Waals surface area contributed by atoms with Crippen LogP contribution >= 0.6 is 0 Å². The van der Waals surface area contributed by atoms with Gasteiger partial charge in [-0.15, -0.1) is 0 Å². The van der Waals surface area contributed by atoms with Crippen molar-refractivity contribution in [1.29, 1.82) is 5.26 Å². The molecule has 0 heterocycles. The first-order valence-corrected chi connectivity index (χ1v) is 10.2. The zero-order chi connectivity index (χ0) is 25.4. The Kier molecular flexibility index (Phi) is 7.98. The Morgan fingerprint density at radius 3 is 2.46 bits per heavy atom. The number of benzene rings is 3. The fourth-order valence-electron chi connectivity index (χ4n) is 3.04. The van der Waals surface area contributed by atoms with Gasteiger partial charge in [-0.2, -0.15) is 5.26 Å². The highest BCUT2D eigenvalue weighted by Gasteiger charge is 2.19. The van der Waals surface area contributed by atoms with Crippen LogP contribution in [-0.2, 0) is 11.4 Å². The van der Waals surface area contributed by atoms with Crippen molar-refractivity contribution in [3.8, 4) is 23.3 Å². The molecule has 0 fully saturated rings. The van der Waals surface area contributed by atoms with Crippen LogP contribution in [0.2, 0.25) is 0 Å². The number of carbonyl (C=O) groups excluding carboxylic acids is 1.